The molecule has 2 N–H and O–H groups in total. The first-order chi connectivity index (χ1) is 13.6. The third-order valence-corrected chi connectivity index (χ3v) is 5.65. The first-order valence-electron chi connectivity index (χ1n) is 9.60. The second-order valence-corrected chi connectivity index (χ2v) is 7.97. The van der Waals surface area contributed by atoms with Crippen molar-refractivity contribution in [3.63, 3.8) is 0 Å². The van der Waals surface area contributed by atoms with E-state index < -0.39 is 0 Å². The van der Waals surface area contributed by atoms with Crippen LogP contribution in [0.3, 0.4) is 0 Å². The number of furan rings is 1. The largest absolute Gasteiger partial charge is 0.468 e. The van der Waals surface area contributed by atoms with Crippen LogP contribution in [0.4, 0.5) is 5.69 Å². The number of amides is 2. The molecule has 0 radical (unpaired) electrons. The molecule has 0 saturated carbocycles. The molecular weight excluding hydrogens is 374 g/mol. The van der Waals surface area contributed by atoms with Gasteiger partial charge in [-0.25, -0.2) is 0 Å². The molecule has 7 heteroatoms. The molecule has 0 unspecified atom stereocenters. The van der Waals surface area contributed by atoms with Gasteiger partial charge >= 0.3 is 0 Å². The minimum atomic E-state index is -0.103. The molecule has 6 nitrogen and oxygen atoms in total. The highest BCUT2D eigenvalue weighted by molar-refractivity contribution is 8.00. The maximum atomic E-state index is 12.2. The van der Waals surface area contributed by atoms with Gasteiger partial charge in [-0.15, -0.1) is 11.8 Å². The van der Waals surface area contributed by atoms with Gasteiger partial charge in [-0.05, 0) is 62.7 Å². The highest BCUT2D eigenvalue weighted by Crippen LogP contribution is 2.24. The van der Waals surface area contributed by atoms with E-state index in [4.69, 9.17) is 4.42 Å². The Morgan fingerprint density at radius 1 is 1.14 bits per heavy atom. The van der Waals surface area contributed by atoms with Gasteiger partial charge in [0.25, 0.3) is 0 Å². The van der Waals surface area contributed by atoms with Crippen molar-refractivity contribution in [3.05, 3.63) is 54.0 Å². The summed E-state index contributed by atoms with van der Waals surface area (Å²) in [5, 5.41) is 5.84. The van der Waals surface area contributed by atoms with E-state index >= 15 is 0 Å². The maximum Gasteiger partial charge on any atom is 0.234 e. The zero-order chi connectivity index (χ0) is 19.8. The number of benzene rings is 1. The first-order valence-corrected chi connectivity index (χ1v) is 10.8. The van der Waals surface area contributed by atoms with Crippen molar-refractivity contribution in [1.82, 2.24) is 10.2 Å². The lowest BCUT2D eigenvalue weighted by atomic mass is 10.2. The molecule has 0 bridgehead atoms. The maximum absolute atomic E-state index is 12.2. The summed E-state index contributed by atoms with van der Waals surface area (Å²) in [5.41, 5.74) is 1.87. The van der Waals surface area contributed by atoms with Gasteiger partial charge in [0.15, 0.2) is 0 Å². The van der Waals surface area contributed by atoms with E-state index in [0.29, 0.717) is 6.54 Å². The predicted octanol–water partition coefficient (Wildman–Crippen LogP) is 3.21. The molecule has 150 valence electrons. The Kier molecular flexibility index (Phi) is 7.56. The van der Waals surface area contributed by atoms with Crippen molar-refractivity contribution in [2.75, 3.05) is 36.5 Å². The van der Waals surface area contributed by atoms with Gasteiger partial charge < -0.3 is 15.1 Å². The fraction of sp³-hybridized carbons (Fsp3) is 0.429. The molecule has 0 spiro atoms. The summed E-state index contributed by atoms with van der Waals surface area (Å²) < 4.78 is 5.57. The summed E-state index contributed by atoms with van der Waals surface area (Å²) in [6.07, 6.45) is 4.02. The predicted molar refractivity (Wildman–Crippen MR) is 112 cm³/mol. The van der Waals surface area contributed by atoms with Gasteiger partial charge in [0.05, 0.1) is 23.8 Å². The van der Waals surface area contributed by atoms with Crippen molar-refractivity contribution < 1.29 is 14.0 Å². The Morgan fingerprint density at radius 2 is 1.93 bits per heavy atom. The smallest absolute Gasteiger partial charge is 0.234 e. The number of rotatable bonds is 9. The number of thioether (sulfide) groups is 1. The molecule has 2 aromatic rings. The van der Waals surface area contributed by atoms with E-state index in [9.17, 15) is 9.59 Å². The average molecular weight is 402 g/mol. The third-order valence-electron chi connectivity index (χ3n) is 4.71. The summed E-state index contributed by atoms with van der Waals surface area (Å²) in [6.45, 7) is 4.54. The fourth-order valence-corrected chi connectivity index (χ4v) is 4.01. The first kappa shape index (κ1) is 20.5. The van der Waals surface area contributed by atoms with Crippen LogP contribution in [0.25, 0.3) is 0 Å². The zero-order valence-corrected chi connectivity index (χ0v) is 17.0. The lowest BCUT2D eigenvalue weighted by Crippen LogP contribution is -2.37. The molecule has 0 aliphatic carbocycles. The third kappa shape index (κ3) is 6.14. The van der Waals surface area contributed by atoms with E-state index in [-0.39, 0.29) is 29.4 Å². The summed E-state index contributed by atoms with van der Waals surface area (Å²) in [5.74, 6) is 1.21. The zero-order valence-electron chi connectivity index (χ0n) is 16.1. The van der Waals surface area contributed by atoms with E-state index in [1.807, 2.05) is 43.3 Å². The summed E-state index contributed by atoms with van der Waals surface area (Å²) in [6, 6.07) is 11.6. The van der Waals surface area contributed by atoms with Gasteiger partial charge in [-0.2, -0.15) is 0 Å². The van der Waals surface area contributed by atoms with Gasteiger partial charge in [-0.1, -0.05) is 12.1 Å². The lowest BCUT2D eigenvalue weighted by Gasteiger charge is -2.25. The summed E-state index contributed by atoms with van der Waals surface area (Å²) in [4.78, 5) is 26.6. The molecule has 3 rings (SSSR count). The standard InChI is InChI=1S/C21H27N3O3S/c1-16-6-4-7-17(12-16)23-21(26)15-28-14-20(25)22-13-18(19-8-5-11-27-19)24-9-2-3-10-24/h4-8,11-12,18H,2-3,9-10,13-15H2,1H3,(H,22,25)(H,23,26)/t18-/m0/s1. The van der Waals surface area contributed by atoms with Crippen LogP contribution >= 0.6 is 11.8 Å². The van der Waals surface area contributed by atoms with Crippen LogP contribution in [0.2, 0.25) is 0 Å². The van der Waals surface area contributed by atoms with Gasteiger partial charge in [0, 0.05) is 12.2 Å². The molecule has 1 aromatic carbocycles. The van der Waals surface area contributed by atoms with E-state index in [0.717, 1.165) is 30.1 Å². The number of likely N-dealkylation sites (tertiary alicyclic amines) is 1. The van der Waals surface area contributed by atoms with Crippen molar-refractivity contribution in [2.24, 2.45) is 0 Å². The van der Waals surface area contributed by atoms with E-state index in [1.54, 1.807) is 6.26 Å². The number of nitrogens with zero attached hydrogens (tertiary/aromatic N) is 1. The van der Waals surface area contributed by atoms with Crippen molar-refractivity contribution >= 4 is 29.3 Å². The number of carbonyl (C=O) groups is 2. The Labute approximate surface area is 170 Å². The van der Waals surface area contributed by atoms with Crippen LogP contribution in [-0.2, 0) is 9.59 Å². The number of carbonyl (C=O) groups excluding carboxylic acids is 2. The Hall–Kier alpha value is -2.25. The lowest BCUT2D eigenvalue weighted by molar-refractivity contribution is -0.118. The number of hydrogen-bond acceptors (Lipinski definition) is 5. The van der Waals surface area contributed by atoms with Gasteiger partial charge in [-0.3, -0.25) is 14.5 Å². The monoisotopic (exact) mass is 401 g/mol. The highest BCUT2D eigenvalue weighted by Gasteiger charge is 2.25. The van der Waals surface area contributed by atoms with Gasteiger partial charge in [0.2, 0.25) is 11.8 Å². The minimum absolute atomic E-state index is 0.0656. The topological polar surface area (TPSA) is 74.6 Å². The number of nitrogens with one attached hydrogen (secondary N) is 2. The Balaban J connectivity index is 1.39. The van der Waals surface area contributed by atoms with Crippen LogP contribution in [0.15, 0.2) is 47.1 Å². The molecule has 1 saturated heterocycles. The fourth-order valence-electron chi connectivity index (χ4n) is 3.36. The van der Waals surface area contributed by atoms with Crippen LogP contribution < -0.4 is 10.6 Å². The minimum Gasteiger partial charge on any atom is -0.468 e. The molecule has 2 heterocycles. The molecule has 1 atom stereocenters. The molecule has 1 aliphatic heterocycles. The van der Waals surface area contributed by atoms with Crippen LogP contribution in [-0.4, -0.2) is 47.9 Å². The molecule has 2 amide bonds. The molecule has 1 fully saturated rings. The Bertz CT molecular complexity index is 773. The summed E-state index contributed by atoms with van der Waals surface area (Å²) in [7, 11) is 0. The molecule has 1 aliphatic rings. The van der Waals surface area contributed by atoms with Crippen molar-refractivity contribution in [3.8, 4) is 0 Å². The van der Waals surface area contributed by atoms with Crippen molar-refractivity contribution in [2.45, 2.75) is 25.8 Å². The average Bonchev–Trinajstić information content (AvgIpc) is 3.36. The summed E-state index contributed by atoms with van der Waals surface area (Å²) >= 11 is 1.31. The quantitative estimate of drug-likeness (QED) is 0.675. The molecule has 1 aromatic heterocycles. The second kappa shape index (κ2) is 10.3. The van der Waals surface area contributed by atoms with E-state index in [1.165, 1.54) is 24.6 Å². The van der Waals surface area contributed by atoms with Crippen molar-refractivity contribution in [1.29, 1.82) is 0 Å². The number of hydrogen-bond donors (Lipinski definition) is 2. The van der Waals surface area contributed by atoms with Crippen LogP contribution in [0, 0.1) is 6.92 Å². The Morgan fingerprint density at radius 3 is 2.64 bits per heavy atom. The normalized spacial score (nSPS) is 15.3. The highest BCUT2D eigenvalue weighted by atomic mass is 32.2. The van der Waals surface area contributed by atoms with Crippen LogP contribution in [0.5, 0.6) is 0 Å². The molecular formula is C21H27N3O3S. The van der Waals surface area contributed by atoms with Crippen LogP contribution in [0.1, 0.15) is 30.2 Å². The number of anilines is 1. The van der Waals surface area contributed by atoms with E-state index in [2.05, 4.69) is 15.5 Å². The van der Waals surface area contributed by atoms with Gasteiger partial charge in [0.1, 0.15) is 5.76 Å². The number of aryl methyl sites for hydroxylation is 1. The second-order valence-electron chi connectivity index (χ2n) is 6.99. The SMILES string of the molecule is Cc1cccc(NC(=O)CSCC(=O)NC[C@@H](c2ccco2)N2CCCC2)c1. The molecule has 28 heavy (non-hydrogen) atoms.